The lowest BCUT2D eigenvalue weighted by molar-refractivity contribution is -0.139. The third-order valence-electron chi connectivity index (χ3n) is 6.18. The molecule has 0 bridgehead atoms. The molecule has 0 spiro atoms. The van der Waals surface area contributed by atoms with E-state index in [0.29, 0.717) is 44.1 Å². The molecule has 2 aromatic carbocycles. The Labute approximate surface area is 200 Å². The van der Waals surface area contributed by atoms with Crippen LogP contribution in [-0.2, 0) is 6.18 Å². The monoisotopic (exact) mass is 487 g/mol. The molecule has 6 nitrogen and oxygen atoms in total. The highest BCUT2D eigenvalue weighted by atomic mass is 19.4. The maximum atomic E-state index is 13.5. The highest BCUT2D eigenvalue weighted by molar-refractivity contribution is 5.89. The molecule has 4 rings (SSSR count). The number of anilines is 2. The molecular formula is C25H25F4N5O. The van der Waals surface area contributed by atoms with Gasteiger partial charge in [-0.25, -0.2) is 9.18 Å². The molecule has 0 saturated carbocycles. The number of halogens is 4. The smallest absolute Gasteiger partial charge is 0.352 e. The Kier molecular flexibility index (Phi) is 6.64. The van der Waals surface area contributed by atoms with Gasteiger partial charge in [-0.3, -0.25) is 0 Å². The number of nitrogens with zero attached hydrogens (tertiary/aromatic N) is 4. The van der Waals surface area contributed by atoms with Gasteiger partial charge in [-0.2, -0.15) is 13.2 Å². The quantitative estimate of drug-likeness (QED) is 0.490. The lowest BCUT2D eigenvalue weighted by Gasteiger charge is -2.35. The van der Waals surface area contributed by atoms with E-state index in [0.717, 1.165) is 22.9 Å². The van der Waals surface area contributed by atoms with E-state index in [9.17, 15) is 22.4 Å². The Morgan fingerprint density at radius 3 is 2.20 bits per heavy atom. The van der Waals surface area contributed by atoms with Gasteiger partial charge in [-0.1, -0.05) is 6.07 Å². The van der Waals surface area contributed by atoms with Crippen LogP contribution in [0.3, 0.4) is 0 Å². The van der Waals surface area contributed by atoms with Crippen LogP contribution in [0.1, 0.15) is 22.3 Å². The lowest BCUT2D eigenvalue weighted by Crippen LogP contribution is -2.50. The summed E-state index contributed by atoms with van der Waals surface area (Å²) in [6.45, 7) is 7.83. The molecule has 0 atom stereocenters. The SMILES string of the molecule is Cc1cc(C)c(-c2ccc(N3CCN(C(=O)Nc4ccc(F)c(C(F)(F)F)c4)CC3)nn2)cc1C. The van der Waals surface area contributed by atoms with Gasteiger partial charge in [0.1, 0.15) is 5.82 Å². The molecule has 1 fully saturated rings. The van der Waals surface area contributed by atoms with E-state index in [-0.39, 0.29) is 5.69 Å². The number of carbonyl (C=O) groups is 1. The first-order valence-electron chi connectivity index (χ1n) is 11.1. The van der Waals surface area contributed by atoms with Gasteiger partial charge in [0, 0.05) is 37.4 Å². The molecule has 1 aliphatic heterocycles. The number of benzene rings is 2. The van der Waals surface area contributed by atoms with E-state index in [1.165, 1.54) is 16.0 Å². The molecular weight excluding hydrogens is 462 g/mol. The van der Waals surface area contributed by atoms with Crippen molar-refractivity contribution >= 4 is 17.5 Å². The Balaban J connectivity index is 1.37. The van der Waals surface area contributed by atoms with Crippen LogP contribution in [0.15, 0.2) is 42.5 Å². The minimum absolute atomic E-state index is 0.116. The number of carbonyl (C=O) groups excluding carboxylic acids is 1. The van der Waals surface area contributed by atoms with Gasteiger partial charge >= 0.3 is 12.2 Å². The molecule has 0 unspecified atom stereocenters. The predicted molar refractivity (Wildman–Crippen MR) is 126 cm³/mol. The molecule has 1 aliphatic rings. The summed E-state index contributed by atoms with van der Waals surface area (Å²) in [5.74, 6) is -0.701. The van der Waals surface area contributed by atoms with Crippen molar-refractivity contribution in [2.75, 3.05) is 36.4 Å². The molecule has 0 radical (unpaired) electrons. The van der Waals surface area contributed by atoms with Crippen molar-refractivity contribution in [3.8, 4) is 11.3 Å². The van der Waals surface area contributed by atoms with E-state index < -0.39 is 23.6 Å². The van der Waals surface area contributed by atoms with Crippen LogP contribution in [0.2, 0.25) is 0 Å². The minimum Gasteiger partial charge on any atom is -0.352 e. The zero-order valence-electron chi connectivity index (χ0n) is 19.6. The first-order valence-corrected chi connectivity index (χ1v) is 11.1. The largest absolute Gasteiger partial charge is 0.419 e. The summed E-state index contributed by atoms with van der Waals surface area (Å²) >= 11 is 0. The fourth-order valence-electron chi connectivity index (χ4n) is 4.04. The standard InChI is InChI=1S/C25H25F4N5O/c1-15-12-17(3)19(13-16(15)2)22-6-7-23(32-31-22)33-8-10-34(11-9-33)24(35)30-18-4-5-21(26)20(14-18)25(27,28)29/h4-7,12-14H,8-11H2,1-3H3,(H,30,35). The topological polar surface area (TPSA) is 61.4 Å². The van der Waals surface area contributed by atoms with Crippen LogP contribution < -0.4 is 10.2 Å². The van der Waals surface area contributed by atoms with Gasteiger partial charge < -0.3 is 15.1 Å². The van der Waals surface area contributed by atoms with Crippen molar-refractivity contribution in [1.82, 2.24) is 15.1 Å². The molecule has 1 aromatic heterocycles. The molecule has 2 amide bonds. The van der Waals surface area contributed by atoms with Crippen molar-refractivity contribution in [2.45, 2.75) is 26.9 Å². The molecule has 10 heteroatoms. The summed E-state index contributed by atoms with van der Waals surface area (Å²) in [4.78, 5) is 16.0. The molecule has 1 N–H and O–H groups in total. The summed E-state index contributed by atoms with van der Waals surface area (Å²) in [6, 6.07) is 9.89. The summed E-state index contributed by atoms with van der Waals surface area (Å²) in [6.07, 6.45) is -4.84. The number of aromatic nitrogens is 2. The van der Waals surface area contributed by atoms with Crippen molar-refractivity contribution in [3.63, 3.8) is 0 Å². The molecule has 3 aromatic rings. The summed E-state index contributed by atoms with van der Waals surface area (Å²) in [7, 11) is 0. The highest BCUT2D eigenvalue weighted by Crippen LogP contribution is 2.33. The zero-order valence-corrected chi connectivity index (χ0v) is 19.6. The van der Waals surface area contributed by atoms with Crippen LogP contribution in [0, 0.1) is 26.6 Å². The van der Waals surface area contributed by atoms with E-state index in [2.05, 4.69) is 41.5 Å². The second kappa shape index (κ2) is 9.52. The Bertz CT molecular complexity index is 1240. The van der Waals surface area contributed by atoms with Crippen LogP contribution in [0.5, 0.6) is 0 Å². The predicted octanol–water partition coefficient (Wildman–Crippen LogP) is 5.58. The van der Waals surface area contributed by atoms with Gasteiger partial charge in [-0.05, 0) is 73.9 Å². The normalized spacial score (nSPS) is 14.3. The number of aryl methyl sites for hydroxylation is 3. The molecule has 0 aliphatic carbocycles. The third kappa shape index (κ3) is 5.36. The van der Waals surface area contributed by atoms with Crippen molar-refractivity contribution in [3.05, 3.63) is 70.5 Å². The van der Waals surface area contributed by atoms with E-state index in [4.69, 9.17) is 0 Å². The summed E-state index contributed by atoms with van der Waals surface area (Å²) < 4.78 is 52.2. The van der Waals surface area contributed by atoms with Crippen molar-refractivity contribution in [2.24, 2.45) is 0 Å². The number of piperazine rings is 1. The van der Waals surface area contributed by atoms with E-state index in [1.54, 1.807) is 0 Å². The van der Waals surface area contributed by atoms with Gasteiger partial charge in [0.2, 0.25) is 0 Å². The summed E-state index contributed by atoms with van der Waals surface area (Å²) in [5, 5.41) is 11.2. The minimum atomic E-state index is -4.84. The number of nitrogens with one attached hydrogen (secondary N) is 1. The average molecular weight is 488 g/mol. The number of hydrogen-bond acceptors (Lipinski definition) is 4. The van der Waals surface area contributed by atoms with Crippen molar-refractivity contribution in [1.29, 1.82) is 0 Å². The first kappa shape index (κ1) is 24.4. The second-order valence-electron chi connectivity index (χ2n) is 8.62. The molecule has 2 heterocycles. The average Bonchev–Trinajstić information content (AvgIpc) is 2.82. The molecule has 184 valence electrons. The fourth-order valence-corrected chi connectivity index (χ4v) is 4.04. The van der Waals surface area contributed by atoms with Crippen LogP contribution in [0.4, 0.5) is 33.9 Å². The van der Waals surface area contributed by atoms with Gasteiger partial charge in [0.15, 0.2) is 5.82 Å². The van der Waals surface area contributed by atoms with Crippen molar-refractivity contribution < 1.29 is 22.4 Å². The third-order valence-corrected chi connectivity index (χ3v) is 6.18. The first-order chi connectivity index (χ1) is 16.5. The van der Waals surface area contributed by atoms with Crippen LogP contribution in [-0.4, -0.2) is 47.3 Å². The maximum absolute atomic E-state index is 13.5. The summed E-state index contributed by atoms with van der Waals surface area (Å²) in [5.41, 5.74) is 3.80. The number of hydrogen-bond donors (Lipinski definition) is 1. The fraction of sp³-hybridized carbons (Fsp3) is 0.320. The van der Waals surface area contributed by atoms with Crippen LogP contribution >= 0.6 is 0 Å². The molecule has 1 saturated heterocycles. The highest BCUT2D eigenvalue weighted by Gasteiger charge is 2.34. The number of alkyl halides is 3. The number of amides is 2. The van der Waals surface area contributed by atoms with Crippen LogP contribution in [0.25, 0.3) is 11.3 Å². The number of urea groups is 1. The van der Waals surface area contributed by atoms with Gasteiger partial charge in [0.05, 0.1) is 11.3 Å². The lowest BCUT2D eigenvalue weighted by atomic mass is 9.99. The van der Waals surface area contributed by atoms with Gasteiger partial charge in [-0.15, -0.1) is 10.2 Å². The number of rotatable bonds is 3. The van der Waals surface area contributed by atoms with Gasteiger partial charge in [0.25, 0.3) is 0 Å². The second-order valence-corrected chi connectivity index (χ2v) is 8.62. The van der Waals surface area contributed by atoms with E-state index >= 15 is 0 Å². The zero-order chi connectivity index (χ0) is 25.3. The Morgan fingerprint density at radius 1 is 0.886 bits per heavy atom. The Morgan fingerprint density at radius 2 is 1.57 bits per heavy atom. The Hall–Kier alpha value is -3.69. The molecule has 35 heavy (non-hydrogen) atoms. The maximum Gasteiger partial charge on any atom is 0.419 e. The van der Waals surface area contributed by atoms with E-state index in [1.807, 2.05) is 24.0 Å².